The molecule has 1 saturated heterocycles. The smallest absolute Gasteiger partial charge is 0.407 e. The Bertz CT molecular complexity index is 1020. The first-order chi connectivity index (χ1) is 15.5. The fourth-order valence-corrected chi connectivity index (χ4v) is 4.14. The van der Waals surface area contributed by atoms with Crippen LogP contribution in [-0.4, -0.2) is 36.3 Å². The second-order valence-corrected chi connectivity index (χ2v) is 9.65. The highest BCUT2D eigenvalue weighted by atomic mass is 35.5. The van der Waals surface area contributed by atoms with Gasteiger partial charge in [-0.05, 0) is 70.7 Å². The number of halogens is 1. The molecule has 0 saturated carbocycles. The molecule has 1 amide bonds. The Morgan fingerprint density at radius 1 is 1.30 bits per heavy atom. The number of amides is 1. The first-order valence-corrected chi connectivity index (χ1v) is 11.3. The predicted molar refractivity (Wildman–Crippen MR) is 129 cm³/mol. The summed E-state index contributed by atoms with van der Waals surface area (Å²) in [7, 11) is 0. The van der Waals surface area contributed by atoms with E-state index in [4.69, 9.17) is 21.1 Å². The Balaban J connectivity index is 1.79. The quantitative estimate of drug-likeness (QED) is 0.401. The van der Waals surface area contributed by atoms with E-state index in [9.17, 15) is 14.9 Å². The Morgan fingerprint density at radius 3 is 2.73 bits per heavy atom. The van der Waals surface area contributed by atoms with E-state index in [2.05, 4.69) is 5.32 Å². The molecule has 0 unspecified atom stereocenters. The van der Waals surface area contributed by atoms with Gasteiger partial charge in [0.2, 0.25) is 0 Å². The molecule has 2 aromatic rings. The van der Waals surface area contributed by atoms with Crippen molar-refractivity contribution in [1.82, 2.24) is 5.32 Å². The number of nitrogens with zero attached hydrogens (tertiary/aromatic N) is 2. The molecule has 0 spiro atoms. The summed E-state index contributed by atoms with van der Waals surface area (Å²) in [5, 5.41) is 15.2. The summed E-state index contributed by atoms with van der Waals surface area (Å²) in [6, 6.07) is 10.1. The minimum atomic E-state index is -0.566. The summed E-state index contributed by atoms with van der Waals surface area (Å²) in [4.78, 5) is 25.5. The maximum absolute atomic E-state index is 12.0. The van der Waals surface area contributed by atoms with Crippen molar-refractivity contribution >= 4 is 29.1 Å². The largest absolute Gasteiger partial charge is 0.457 e. The summed E-state index contributed by atoms with van der Waals surface area (Å²) in [6.45, 7) is 8.98. The monoisotopic (exact) mass is 475 g/mol. The number of carbonyl (C=O) groups excluding carboxylic acids is 1. The number of carbonyl (C=O) groups is 1. The number of benzene rings is 2. The molecule has 1 atom stereocenters. The number of piperidine rings is 1. The average molecular weight is 476 g/mol. The van der Waals surface area contributed by atoms with Crippen LogP contribution in [0.1, 0.15) is 39.2 Å². The highest BCUT2D eigenvalue weighted by Crippen LogP contribution is 2.40. The number of anilines is 1. The van der Waals surface area contributed by atoms with Crippen molar-refractivity contribution < 1.29 is 19.2 Å². The molecule has 1 fully saturated rings. The van der Waals surface area contributed by atoms with Crippen molar-refractivity contribution in [2.24, 2.45) is 5.92 Å². The number of ether oxygens (including phenoxy) is 2. The molecule has 0 aliphatic carbocycles. The summed E-state index contributed by atoms with van der Waals surface area (Å²) in [5.41, 5.74) is 0.697. The third-order valence-electron chi connectivity index (χ3n) is 5.35. The van der Waals surface area contributed by atoms with Crippen molar-refractivity contribution in [3.8, 4) is 11.5 Å². The van der Waals surface area contributed by atoms with Gasteiger partial charge in [0, 0.05) is 36.3 Å². The number of hydrogen-bond donors (Lipinski definition) is 1. The standard InChI is InChI=1S/C24H30ClN3O5/c1-16-21(32-19-9-5-8-18(25)13-19)11-10-20(28(30)31)22(16)27-12-6-7-17(15-27)14-26-23(29)33-24(2,3)4/h5,8-11,13,17H,6-7,12,14-15H2,1-4H3,(H,26,29)/t17-/m0/s1. The Morgan fingerprint density at radius 2 is 2.06 bits per heavy atom. The van der Waals surface area contributed by atoms with E-state index >= 15 is 0 Å². The molecule has 178 valence electrons. The van der Waals surface area contributed by atoms with E-state index < -0.39 is 11.7 Å². The lowest BCUT2D eigenvalue weighted by Gasteiger charge is -2.35. The summed E-state index contributed by atoms with van der Waals surface area (Å²) >= 11 is 6.06. The van der Waals surface area contributed by atoms with E-state index in [1.807, 2.05) is 32.6 Å². The van der Waals surface area contributed by atoms with Gasteiger partial charge in [0.1, 0.15) is 22.8 Å². The van der Waals surface area contributed by atoms with Gasteiger partial charge < -0.3 is 19.7 Å². The van der Waals surface area contributed by atoms with Gasteiger partial charge in [-0.2, -0.15) is 0 Å². The maximum atomic E-state index is 12.0. The van der Waals surface area contributed by atoms with Crippen LogP contribution in [0.2, 0.25) is 5.02 Å². The van der Waals surface area contributed by atoms with Crippen LogP contribution in [0.4, 0.5) is 16.2 Å². The first kappa shape index (κ1) is 24.6. The second-order valence-electron chi connectivity index (χ2n) is 9.21. The molecule has 1 heterocycles. The molecular formula is C24H30ClN3O5. The zero-order valence-corrected chi connectivity index (χ0v) is 20.1. The molecular weight excluding hydrogens is 446 g/mol. The molecule has 0 aromatic heterocycles. The van der Waals surface area contributed by atoms with Crippen LogP contribution in [0.25, 0.3) is 0 Å². The number of nitro benzene ring substituents is 1. The summed E-state index contributed by atoms with van der Waals surface area (Å²) < 4.78 is 11.3. The Kier molecular flexibility index (Phi) is 7.68. The lowest BCUT2D eigenvalue weighted by Crippen LogP contribution is -2.42. The van der Waals surface area contributed by atoms with Gasteiger partial charge in [-0.15, -0.1) is 0 Å². The van der Waals surface area contributed by atoms with Crippen molar-refractivity contribution in [3.63, 3.8) is 0 Å². The predicted octanol–water partition coefficient (Wildman–Crippen LogP) is 6.09. The van der Waals surface area contributed by atoms with Gasteiger partial charge in [-0.1, -0.05) is 17.7 Å². The molecule has 2 aromatic carbocycles. The van der Waals surface area contributed by atoms with E-state index in [1.165, 1.54) is 6.07 Å². The minimum absolute atomic E-state index is 0.0340. The van der Waals surface area contributed by atoms with Crippen LogP contribution in [0, 0.1) is 23.0 Å². The van der Waals surface area contributed by atoms with Crippen molar-refractivity contribution in [2.45, 2.75) is 46.1 Å². The number of hydrogen-bond acceptors (Lipinski definition) is 6. The van der Waals surface area contributed by atoms with Gasteiger partial charge in [-0.3, -0.25) is 10.1 Å². The summed E-state index contributed by atoms with van der Waals surface area (Å²) in [5.74, 6) is 1.23. The zero-order valence-electron chi connectivity index (χ0n) is 19.4. The molecule has 1 aliphatic rings. The van der Waals surface area contributed by atoms with Crippen LogP contribution in [-0.2, 0) is 4.74 Å². The zero-order chi connectivity index (χ0) is 24.2. The third kappa shape index (κ3) is 6.74. The molecule has 0 radical (unpaired) electrons. The molecule has 1 aliphatic heterocycles. The molecule has 1 N–H and O–H groups in total. The van der Waals surface area contributed by atoms with E-state index in [-0.39, 0.29) is 16.5 Å². The van der Waals surface area contributed by atoms with Crippen LogP contribution in [0.3, 0.4) is 0 Å². The number of alkyl carbamates (subject to hydrolysis) is 1. The van der Waals surface area contributed by atoms with Gasteiger partial charge >= 0.3 is 6.09 Å². The molecule has 3 rings (SSSR count). The van der Waals surface area contributed by atoms with Gasteiger partial charge in [0.25, 0.3) is 5.69 Å². The van der Waals surface area contributed by atoms with Crippen LogP contribution < -0.4 is 15.0 Å². The molecule has 33 heavy (non-hydrogen) atoms. The van der Waals surface area contributed by atoms with Crippen molar-refractivity contribution in [3.05, 3.63) is 57.1 Å². The summed E-state index contributed by atoms with van der Waals surface area (Å²) in [6.07, 6.45) is 1.31. The van der Waals surface area contributed by atoms with E-state index in [1.54, 1.807) is 30.3 Å². The highest BCUT2D eigenvalue weighted by molar-refractivity contribution is 6.30. The normalized spacial score (nSPS) is 16.3. The van der Waals surface area contributed by atoms with Gasteiger partial charge in [0.05, 0.1) is 4.92 Å². The molecule has 0 bridgehead atoms. The Hall–Kier alpha value is -3.00. The average Bonchev–Trinajstić information content (AvgIpc) is 2.72. The fraction of sp³-hybridized carbons (Fsp3) is 0.458. The number of nitro groups is 1. The lowest BCUT2D eigenvalue weighted by atomic mass is 9.96. The lowest BCUT2D eigenvalue weighted by molar-refractivity contribution is -0.384. The fourth-order valence-electron chi connectivity index (χ4n) is 3.96. The van der Waals surface area contributed by atoms with Crippen molar-refractivity contribution in [1.29, 1.82) is 0 Å². The Labute approximate surface area is 199 Å². The number of rotatable bonds is 6. The third-order valence-corrected chi connectivity index (χ3v) is 5.58. The van der Waals surface area contributed by atoms with Gasteiger partial charge in [0.15, 0.2) is 0 Å². The van der Waals surface area contributed by atoms with Crippen LogP contribution in [0.15, 0.2) is 36.4 Å². The molecule has 8 nitrogen and oxygen atoms in total. The maximum Gasteiger partial charge on any atom is 0.407 e. The van der Waals surface area contributed by atoms with Crippen LogP contribution >= 0.6 is 11.6 Å². The molecule has 9 heteroatoms. The van der Waals surface area contributed by atoms with Crippen LogP contribution in [0.5, 0.6) is 11.5 Å². The first-order valence-electron chi connectivity index (χ1n) is 11.0. The SMILES string of the molecule is Cc1c(Oc2cccc(Cl)c2)ccc([N+](=O)[O-])c1N1CCC[C@@H](CNC(=O)OC(C)(C)C)C1. The van der Waals surface area contributed by atoms with Gasteiger partial charge in [-0.25, -0.2) is 4.79 Å². The highest BCUT2D eigenvalue weighted by Gasteiger charge is 2.29. The van der Waals surface area contributed by atoms with E-state index in [0.717, 1.165) is 12.8 Å². The number of nitrogens with one attached hydrogen (secondary N) is 1. The van der Waals surface area contributed by atoms with E-state index in [0.29, 0.717) is 47.4 Å². The van der Waals surface area contributed by atoms with Crippen molar-refractivity contribution in [2.75, 3.05) is 24.5 Å². The second kappa shape index (κ2) is 10.3. The topological polar surface area (TPSA) is 93.9 Å². The minimum Gasteiger partial charge on any atom is -0.457 e.